The Morgan fingerprint density at radius 1 is 1.39 bits per heavy atom. The number of primary amides is 1. The number of carbonyl (C=O) groups excluding carboxylic acids is 1. The molecule has 3 N–H and O–H groups in total. The van der Waals surface area contributed by atoms with Gasteiger partial charge in [0.25, 0.3) is 5.56 Å². The van der Waals surface area contributed by atoms with Crippen molar-refractivity contribution < 1.29 is 9.18 Å². The summed E-state index contributed by atoms with van der Waals surface area (Å²) in [4.78, 5) is 24.0. The average Bonchev–Trinajstić information content (AvgIpc) is 2.91. The van der Waals surface area contributed by atoms with E-state index < -0.39 is 17.6 Å². The number of pyridine rings is 1. The van der Waals surface area contributed by atoms with Crippen molar-refractivity contribution in [2.45, 2.75) is 25.8 Å². The summed E-state index contributed by atoms with van der Waals surface area (Å²) in [5.41, 5.74) is 7.07. The van der Waals surface area contributed by atoms with E-state index >= 15 is 0 Å². The Morgan fingerprint density at radius 3 is 2.78 bits per heavy atom. The summed E-state index contributed by atoms with van der Waals surface area (Å²) < 4.78 is 16.4. The van der Waals surface area contributed by atoms with Crippen LogP contribution in [0.1, 0.15) is 23.6 Å². The third kappa shape index (κ3) is 2.85. The van der Waals surface area contributed by atoms with Gasteiger partial charge in [-0.3, -0.25) is 9.59 Å². The van der Waals surface area contributed by atoms with Crippen molar-refractivity contribution in [3.05, 3.63) is 55.3 Å². The molecule has 1 atom stereocenters. The van der Waals surface area contributed by atoms with Gasteiger partial charge in [0.15, 0.2) is 0 Å². The first-order chi connectivity index (χ1) is 10.9. The topological polar surface area (TPSA) is 77.1 Å². The number of aromatic nitrogens is 1. The zero-order chi connectivity index (χ0) is 16.7. The quantitative estimate of drug-likeness (QED) is 0.740. The fourth-order valence-electron chi connectivity index (χ4n) is 2.85. The van der Waals surface area contributed by atoms with Crippen LogP contribution in [0.2, 0.25) is 0 Å². The number of hydrogen-bond acceptors (Lipinski definition) is 3. The van der Waals surface area contributed by atoms with Crippen LogP contribution in [0, 0.1) is 16.3 Å². The summed E-state index contributed by atoms with van der Waals surface area (Å²) in [6.07, 6.45) is 0.519. The monoisotopic (exact) mass is 427 g/mol. The van der Waals surface area contributed by atoms with Crippen molar-refractivity contribution in [2.24, 2.45) is 5.73 Å². The van der Waals surface area contributed by atoms with Crippen LogP contribution >= 0.6 is 22.6 Å². The van der Waals surface area contributed by atoms with Crippen molar-refractivity contribution in [3.8, 4) is 0 Å². The molecule has 0 saturated carbocycles. The van der Waals surface area contributed by atoms with E-state index in [1.807, 2.05) is 22.6 Å². The van der Waals surface area contributed by atoms with Gasteiger partial charge in [0, 0.05) is 27.1 Å². The van der Waals surface area contributed by atoms with E-state index in [1.54, 1.807) is 29.7 Å². The molecular formula is C16H15FIN3O2. The molecule has 2 heterocycles. The number of rotatable bonds is 3. The summed E-state index contributed by atoms with van der Waals surface area (Å²) in [5, 5.41) is 2.95. The number of nitrogens with one attached hydrogen (secondary N) is 1. The maximum Gasteiger partial charge on any atom is 0.255 e. The van der Waals surface area contributed by atoms with Gasteiger partial charge >= 0.3 is 0 Å². The molecule has 0 radical (unpaired) electrons. The molecule has 0 saturated heterocycles. The molecule has 120 valence electrons. The van der Waals surface area contributed by atoms with E-state index in [4.69, 9.17) is 5.73 Å². The Hall–Kier alpha value is -1.90. The molecule has 0 spiro atoms. The average molecular weight is 427 g/mol. The number of nitrogens with zero attached hydrogens (tertiary/aromatic N) is 1. The smallest absolute Gasteiger partial charge is 0.255 e. The number of halogens is 2. The number of hydrogen-bond donors (Lipinski definition) is 2. The molecule has 23 heavy (non-hydrogen) atoms. The normalized spacial score (nSPS) is 16.2. The summed E-state index contributed by atoms with van der Waals surface area (Å²) in [6.45, 7) is 2.15. The van der Waals surface area contributed by atoms with Crippen molar-refractivity contribution in [1.82, 2.24) is 4.57 Å². The standard InChI is InChI=1S/C16H15FIN3O2/c1-8-13(20-12-3-2-9(18)6-11(12)17)7-14-10(15(19)22)4-5-21(14)16(8)23/h2-3,6-7,10,20H,4-5H2,1H3,(H2,19,22). The number of carbonyl (C=O) groups is 1. The van der Waals surface area contributed by atoms with Gasteiger partial charge in [-0.2, -0.15) is 0 Å². The fraction of sp³-hybridized carbons (Fsp3) is 0.250. The third-order valence-corrected chi connectivity index (χ3v) is 4.79. The zero-order valence-corrected chi connectivity index (χ0v) is 14.6. The molecule has 1 aliphatic heterocycles. The highest BCUT2D eigenvalue weighted by molar-refractivity contribution is 14.1. The third-order valence-electron chi connectivity index (χ3n) is 4.12. The van der Waals surface area contributed by atoms with Crippen LogP contribution in [0.4, 0.5) is 15.8 Å². The van der Waals surface area contributed by atoms with Gasteiger partial charge < -0.3 is 15.6 Å². The minimum absolute atomic E-state index is 0.181. The van der Waals surface area contributed by atoms with Gasteiger partial charge in [-0.1, -0.05) is 0 Å². The van der Waals surface area contributed by atoms with Gasteiger partial charge in [0.2, 0.25) is 5.91 Å². The van der Waals surface area contributed by atoms with Crippen molar-refractivity contribution >= 4 is 39.9 Å². The molecule has 3 rings (SSSR count). The van der Waals surface area contributed by atoms with E-state index in [9.17, 15) is 14.0 Å². The van der Waals surface area contributed by atoms with Crippen LogP contribution in [0.25, 0.3) is 0 Å². The number of anilines is 2. The van der Waals surface area contributed by atoms with Gasteiger partial charge in [0.1, 0.15) is 5.82 Å². The molecule has 1 aromatic carbocycles. The molecule has 7 heteroatoms. The lowest BCUT2D eigenvalue weighted by Gasteiger charge is -2.15. The molecule has 0 bridgehead atoms. The zero-order valence-electron chi connectivity index (χ0n) is 12.4. The van der Waals surface area contributed by atoms with E-state index in [-0.39, 0.29) is 11.2 Å². The minimum atomic E-state index is -0.481. The Kier molecular flexibility index (Phi) is 4.13. The van der Waals surface area contributed by atoms with Gasteiger partial charge in [-0.25, -0.2) is 4.39 Å². The van der Waals surface area contributed by atoms with E-state index in [2.05, 4.69) is 5.32 Å². The molecular weight excluding hydrogens is 412 g/mol. The second-order valence-corrected chi connectivity index (χ2v) is 6.80. The fourth-order valence-corrected chi connectivity index (χ4v) is 3.30. The largest absolute Gasteiger partial charge is 0.369 e. The molecule has 0 fully saturated rings. The molecule has 5 nitrogen and oxygen atoms in total. The van der Waals surface area contributed by atoms with Crippen LogP contribution in [0.15, 0.2) is 29.1 Å². The maximum atomic E-state index is 14.0. The van der Waals surface area contributed by atoms with Crippen LogP contribution < -0.4 is 16.6 Å². The lowest BCUT2D eigenvalue weighted by molar-refractivity contribution is -0.119. The lowest BCUT2D eigenvalue weighted by atomic mass is 10.0. The van der Waals surface area contributed by atoms with Crippen LogP contribution in [0.5, 0.6) is 0 Å². The Balaban J connectivity index is 2.07. The summed E-state index contributed by atoms with van der Waals surface area (Å²) in [5.74, 6) is -1.33. The maximum absolute atomic E-state index is 14.0. The number of benzene rings is 1. The molecule has 1 amide bonds. The minimum Gasteiger partial charge on any atom is -0.369 e. The van der Waals surface area contributed by atoms with Crippen LogP contribution in [-0.4, -0.2) is 10.5 Å². The van der Waals surface area contributed by atoms with Crippen molar-refractivity contribution in [2.75, 3.05) is 5.32 Å². The number of amides is 1. The molecule has 1 aliphatic rings. The van der Waals surface area contributed by atoms with Crippen molar-refractivity contribution in [3.63, 3.8) is 0 Å². The molecule has 2 aromatic rings. The number of nitrogens with two attached hydrogens (primary N) is 1. The number of fused-ring (bicyclic) bond motifs is 1. The first kappa shape index (κ1) is 16.0. The van der Waals surface area contributed by atoms with Gasteiger partial charge in [-0.05, 0) is 60.2 Å². The first-order valence-electron chi connectivity index (χ1n) is 7.14. The predicted molar refractivity (Wildman–Crippen MR) is 94.4 cm³/mol. The Labute approximate surface area is 145 Å². The predicted octanol–water partition coefficient (Wildman–Crippen LogP) is 2.62. The van der Waals surface area contributed by atoms with Crippen LogP contribution in [0.3, 0.4) is 0 Å². The molecule has 1 aromatic heterocycles. The highest BCUT2D eigenvalue weighted by Gasteiger charge is 2.29. The Morgan fingerprint density at radius 2 is 2.13 bits per heavy atom. The summed E-state index contributed by atoms with van der Waals surface area (Å²) >= 11 is 2.03. The Bertz CT molecular complexity index is 863. The highest BCUT2D eigenvalue weighted by Crippen LogP contribution is 2.31. The van der Waals surface area contributed by atoms with Gasteiger partial charge in [-0.15, -0.1) is 0 Å². The molecule has 0 aliphatic carbocycles. The molecule has 1 unspecified atom stereocenters. The van der Waals surface area contributed by atoms with Crippen molar-refractivity contribution in [1.29, 1.82) is 0 Å². The summed E-state index contributed by atoms with van der Waals surface area (Å²) in [6, 6.07) is 6.52. The van der Waals surface area contributed by atoms with E-state index in [0.29, 0.717) is 29.9 Å². The van der Waals surface area contributed by atoms with E-state index in [0.717, 1.165) is 3.57 Å². The van der Waals surface area contributed by atoms with E-state index in [1.165, 1.54) is 6.07 Å². The second kappa shape index (κ2) is 5.95. The first-order valence-corrected chi connectivity index (χ1v) is 8.22. The lowest BCUT2D eigenvalue weighted by Crippen LogP contribution is -2.25. The van der Waals surface area contributed by atoms with Crippen LogP contribution in [-0.2, 0) is 11.3 Å². The summed E-state index contributed by atoms with van der Waals surface area (Å²) in [7, 11) is 0. The highest BCUT2D eigenvalue weighted by atomic mass is 127. The SMILES string of the molecule is Cc1c(Nc2ccc(I)cc2F)cc2n(c1=O)CCC2C(N)=O. The second-order valence-electron chi connectivity index (χ2n) is 5.56. The van der Waals surface area contributed by atoms with Gasteiger partial charge in [0.05, 0.1) is 11.6 Å².